The predicted molar refractivity (Wildman–Crippen MR) is 45.1 cm³/mol. The fraction of sp³-hybridized carbons (Fsp3) is 0.667. The summed E-state index contributed by atoms with van der Waals surface area (Å²) in [7, 11) is 0. The Hall–Kier alpha value is -1.04. The Balaban J connectivity index is 2.55. The van der Waals surface area contributed by atoms with Gasteiger partial charge < -0.3 is 9.47 Å². The summed E-state index contributed by atoms with van der Waals surface area (Å²) < 4.78 is 47.6. The number of esters is 1. The number of hydrogen-bond acceptors (Lipinski definition) is 3. The van der Waals surface area contributed by atoms with Crippen LogP contribution in [-0.4, -0.2) is 31.5 Å². The molecule has 0 saturated carbocycles. The lowest BCUT2D eigenvalue weighted by Gasteiger charge is -2.32. The van der Waals surface area contributed by atoms with Crippen LogP contribution in [0.5, 0.6) is 0 Å². The highest BCUT2D eigenvalue weighted by atomic mass is 19.3. The number of alkyl halides is 3. The van der Waals surface area contributed by atoms with Crippen LogP contribution in [-0.2, 0) is 14.3 Å². The van der Waals surface area contributed by atoms with Gasteiger partial charge in [-0.15, -0.1) is 0 Å². The van der Waals surface area contributed by atoms with Crippen LogP contribution >= 0.6 is 0 Å². The molecule has 1 aliphatic rings. The molecule has 0 N–H and O–H groups in total. The second-order valence-corrected chi connectivity index (χ2v) is 3.16. The highest BCUT2D eigenvalue weighted by Crippen LogP contribution is 2.36. The van der Waals surface area contributed by atoms with Gasteiger partial charge in [0.25, 0.3) is 0 Å². The maximum absolute atomic E-state index is 13.1. The van der Waals surface area contributed by atoms with Gasteiger partial charge in [0.15, 0.2) is 0 Å². The topological polar surface area (TPSA) is 35.5 Å². The molecule has 0 bridgehead atoms. The summed E-state index contributed by atoms with van der Waals surface area (Å²) in [5.41, 5.74) is 0. The van der Waals surface area contributed by atoms with E-state index in [0.29, 0.717) is 0 Å². The van der Waals surface area contributed by atoms with Crippen LogP contribution in [0.3, 0.4) is 0 Å². The molecule has 1 aliphatic heterocycles. The Morgan fingerprint density at radius 3 is 2.87 bits per heavy atom. The van der Waals surface area contributed by atoms with Gasteiger partial charge in [-0.1, -0.05) is 6.58 Å². The molecule has 86 valence electrons. The average Bonchev–Trinajstić information content (AvgIpc) is 2.15. The number of carbonyl (C=O) groups excluding carboxylic acids is 1. The Bertz CT molecular complexity index is 255. The summed E-state index contributed by atoms with van der Waals surface area (Å²) in [6.45, 7) is 2.05. The fourth-order valence-corrected chi connectivity index (χ4v) is 1.26. The van der Waals surface area contributed by atoms with Crippen molar-refractivity contribution in [3.05, 3.63) is 12.7 Å². The molecule has 0 amide bonds. The summed E-state index contributed by atoms with van der Waals surface area (Å²) in [5, 5.41) is 0. The second-order valence-electron chi connectivity index (χ2n) is 3.16. The van der Waals surface area contributed by atoms with Crippen molar-refractivity contribution < 1.29 is 27.4 Å². The number of rotatable bonds is 3. The first-order chi connectivity index (χ1) is 6.97. The van der Waals surface area contributed by atoms with E-state index >= 15 is 0 Å². The number of carbonyl (C=O) groups is 1. The lowest BCUT2D eigenvalue weighted by Crippen LogP contribution is -2.45. The zero-order valence-electron chi connectivity index (χ0n) is 7.92. The third kappa shape index (κ3) is 2.95. The molecule has 3 nitrogen and oxygen atoms in total. The Kier molecular flexibility index (Phi) is 3.73. The third-order valence-corrected chi connectivity index (χ3v) is 2.13. The minimum absolute atomic E-state index is 0.119. The van der Waals surface area contributed by atoms with Crippen molar-refractivity contribution in [1.29, 1.82) is 0 Å². The van der Waals surface area contributed by atoms with E-state index in [2.05, 4.69) is 16.1 Å². The largest absolute Gasteiger partial charge is 0.462 e. The van der Waals surface area contributed by atoms with Crippen LogP contribution in [0.4, 0.5) is 13.2 Å². The standard InChI is InChI=1S/C9H11F3O3/c1-2-8(13)14-5-6-7(10)3-4-15-9(6,11)12/h2,6-7H,1,3-5H2. The van der Waals surface area contributed by atoms with Crippen molar-refractivity contribution in [2.24, 2.45) is 5.92 Å². The van der Waals surface area contributed by atoms with Crippen molar-refractivity contribution in [1.82, 2.24) is 0 Å². The molecule has 0 aromatic carbocycles. The quantitative estimate of drug-likeness (QED) is 0.540. The molecule has 1 fully saturated rings. The number of hydrogen-bond donors (Lipinski definition) is 0. The average molecular weight is 224 g/mol. The lowest BCUT2D eigenvalue weighted by atomic mass is 9.99. The number of ether oxygens (including phenoxy) is 2. The van der Waals surface area contributed by atoms with Crippen molar-refractivity contribution in [3.63, 3.8) is 0 Å². The maximum Gasteiger partial charge on any atom is 0.364 e. The van der Waals surface area contributed by atoms with Crippen LogP contribution in [0, 0.1) is 5.92 Å². The minimum atomic E-state index is -3.58. The van der Waals surface area contributed by atoms with Gasteiger partial charge in [0, 0.05) is 12.5 Å². The van der Waals surface area contributed by atoms with Gasteiger partial charge in [-0.2, -0.15) is 8.78 Å². The monoisotopic (exact) mass is 224 g/mol. The molecule has 0 aromatic heterocycles. The molecule has 0 aliphatic carbocycles. The van der Waals surface area contributed by atoms with Crippen molar-refractivity contribution >= 4 is 5.97 Å². The summed E-state index contributed by atoms with van der Waals surface area (Å²) in [6, 6.07) is 0. The van der Waals surface area contributed by atoms with Crippen LogP contribution in [0.25, 0.3) is 0 Å². The molecule has 0 aromatic rings. The summed E-state index contributed by atoms with van der Waals surface area (Å²) >= 11 is 0. The van der Waals surface area contributed by atoms with Gasteiger partial charge in [0.1, 0.15) is 18.7 Å². The molecule has 1 rings (SSSR count). The molecule has 2 atom stereocenters. The van der Waals surface area contributed by atoms with Crippen molar-refractivity contribution in [2.45, 2.75) is 18.7 Å². The molecule has 1 heterocycles. The highest BCUT2D eigenvalue weighted by Gasteiger charge is 2.49. The van der Waals surface area contributed by atoms with Crippen molar-refractivity contribution in [3.8, 4) is 0 Å². The second kappa shape index (κ2) is 4.65. The Morgan fingerprint density at radius 1 is 1.67 bits per heavy atom. The number of halogens is 3. The molecule has 6 heteroatoms. The predicted octanol–water partition coefficient (Wildman–Crippen LogP) is 1.68. The van der Waals surface area contributed by atoms with E-state index in [4.69, 9.17) is 0 Å². The van der Waals surface area contributed by atoms with E-state index in [1.165, 1.54) is 0 Å². The zero-order chi connectivity index (χ0) is 11.5. The summed E-state index contributed by atoms with van der Waals surface area (Å²) in [4.78, 5) is 10.6. The van der Waals surface area contributed by atoms with E-state index in [1.54, 1.807) is 0 Å². The first kappa shape index (κ1) is 12.0. The van der Waals surface area contributed by atoms with Gasteiger partial charge in [-0.05, 0) is 0 Å². The van der Waals surface area contributed by atoms with Crippen LogP contribution in [0.1, 0.15) is 6.42 Å². The Labute approximate surface area is 84.8 Å². The van der Waals surface area contributed by atoms with Crippen LogP contribution in [0.2, 0.25) is 0 Å². The van der Waals surface area contributed by atoms with Gasteiger partial charge in [0.05, 0.1) is 6.61 Å². The van der Waals surface area contributed by atoms with E-state index < -0.39 is 30.8 Å². The van der Waals surface area contributed by atoms with E-state index in [1.807, 2.05) is 0 Å². The highest BCUT2D eigenvalue weighted by molar-refractivity contribution is 5.81. The van der Waals surface area contributed by atoms with E-state index in [0.717, 1.165) is 6.08 Å². The van der Waals surface area contributed by atoms with Crippen molar-refractivity contribution in [2.75, 3.05) is 13.2 Å². The molecule has 2 unspecified atom stereocenters. The SMILES string of the molecule is C=CC(=O)OCC1C(F)CCOC1(F)F. The van der Waals surface area contributed by atoms with Gasteiger partial charge in [-0.3, -0.25) is 0 Å². The summed E-state index contributed by atoms with van der Waals surface area (Å²) in [6.07, 6.45) is -4.61. The molecular formula is C9H11F3O3. The first-order valence-electron chi connectivity index (χ1n) is 4.42. The molecular weight excluding hydrogens is 213 g/mol. The smallest absolute Gasteiger partial charge is 0.364 e. The van der Waals surface area contributed by atoms with E-state index in [9.17, 15) is 18.0 Å². The maximum atomic E-state index is 13.1. The van der Waals surface area contributed by atoms with Gasteiger partial charge >= 0.3 is 12.1 Å². The molecule has 0 spiro atoms. The normalized spacial score (nSPS) is 29.5. The lowest BCUT2D eigenvalue weighted by molar-refractivity contribution is -0.308. The first-order valence-corrected chi connectivity index (χ1v) is 4.42. The molecule has 15 heavy (non-hydrogen) atoms. The van der Waals surface area contributed by atoms with Crippen LogP contribution < -0.4 is 0 Å². The third-order valence-electron chi connectivity index (χ3n) is 2.13. The minimum Gasteiger partial charge on any atom is -0.462 e. The summed E-state index contributed by atoms with van der Waals surface area (Å²) in [5.74, 6) is -2.60. The van der Waals surface area contributed by atoms with Crippen LogP contribution in [0.15, 0.2) is 12.7 Å². The van der Waals surface area contributed by atoms with E-state index in [-0.39, 0.29) is 13.0 Å². The van der Waals surface area contributed by atoms with Gasteiger partial charge in [-0.25, -0.2) is 9.18 Å². The van der Waals surface area contributed by atoms with Gasteiger partial charge in [0.2, 0.25) is 0 Å². The Morgan fingerprint density at radius 2 is 2.33 bits per heavy atom. The molecule has 0 radical (unpaired) electrons. The molecule has 1 saturated heterocycles. The fourth-order valence-electron chi connectivity index (χ4n) is 1.26. The zero-order valence-corrected chi connectivity index (χ0v) is 7.92.